The van der Waals surface area contributed by atoms with Crippen molar-refractivity contribution >= 4 is 27.7 Å². The summed E-state index contributed by atoms with van der Waals surface area (Å²) < 4.78 is 0.814. The maximum atomic E-state index is 12.3. The van der Waals surface area contributed by atoms with Gasteiger partial charge in [0.05, 0.1) is 5.56 Å². The third kappa shape index (κ3) is 6.93. The number of aromatic nitrogens is 1. The normalized spacial score (nSPS) is 10.7. The number of carbonyl (C=O) groups excluding carboxylic acids is 1. The van der Waals surface area contributed by atoms with Gasteiger partial charge in [-0.3, -0.25) is 4.79 Å². The van der Waals surface area contributed by atoms with Crippen LogP contribution in [-0.4, -0.2) is 24.0 Å². The lowest BCUT2D eigenvalue weighted by Crippen LogP contribution is -2.26. The number of pyridine rings is 1. The fourth-order valence-electron chi connectivity index (χ4n) is 1.97. The molecule has 0 fully saturated rings. The van der Waals surface area contributed by atoms with Crippen LogP contribution in [0.5, 0.6) is 0 Å². The number of carbonyl (C=O) groups is 1. The molecule has 5 heteroatoms. The van der Waals surface area contributed by atoms with Crippen molar-refractivity contribution < 1.29 is 4.79 Å². The van der Waals surface area contributed by atoms with Gasteiger partial charge in [0.25, 0.3) is 5.91 Å². The van der Waals surface area contributed by atoms with Gasteiger partial charge < -0.3 is 10.6 Å². The highest BCUT2D eigenvalue weighted by Crippen LogP contribution is 2.18. The van der Waals surface area contributed by atoms with Crippen LogP contribution in [-0.2, 0) is 0 Å². The molecule has 0 aromatic carbocycles. The van der Waals surface area contributed by atoms with Crippen molar-refractivity contribution in [3.05, 3.63) is 22.3 Å². The molecule has 4 nitrogen and oxygen atoms in total. The fraction of sp³-hybridized carbons (Fsp3) is 0.625. The summed E-state index contributed by atoms with van der Waals surface area (Å²) in [6.45, 7) is 8.05. The Kier molecular flexibility index (Phi) is 8.35. The average Bonchev–Trinajstić information content (AvgIpc) is 2.45. The summed E-state index contributed by atoms with van der Waals surface area (Å²) in [5.74, 6) is 1.31. The molecule has 21 heavy (non-hydrogen) atoms. The number of amides is 1. The van der Waals surface area contributed by atoms with Crippen LogP contribution in [0.4, 0.5) is 5.82 Å². The van der Waals surface area contributed by atoms with Gasteiger partial charge in [-0.15, -0.1) is 0 Å². The monoisotopic (exact) mass is 355 g/mol. The predicted octanol–water partition coefficient (Wildman–Crippen LogP) is 4.22. The third-order valence-electron chi connectivity index (χ3n) is 3.14. The van der Waals surface area contributed by atoms with Crippen molar-refractivity contribution in [2.45, 2.75) is 46.5 Å². The van der Waals surface area contributed by atoms with Gasteiger partial charge in [-0.05, 0) is 40.8 Å². The molecule has 1 aromatic rings. The van der Waals surface area contributed by atoms with Gasteiger partial charge >= 0.3 is 0 Å². The zero-order chi connectivity index (χ0) is 15.7. The number of halogens is 1. The van der Waals surface area contributed by atoms with Crippen LogP contribution in [0.1, 0.15) is 56.8 Å². The van der Waals surface area contributed by atoms with E-state index >= 15 is 0 Å². The summed E-state index contributed by atoms with van der Waals surface area (Å²) in [5.41, 5.74) is 0.599. The Morgan fingerprint density at radius 3 is 2.76 bits per heavy atom. The zero-order valence-electron chi connectivity index (χ0n) is 13.2. The van der Waals surface area contributed by atoms with Crippen molar-refractivity contribution in [3.63, 3.8) is 0 Å². The second-order valence-electron chi connectivity index (χ2n) is 5.62. The molecule has 0 radical (unpaired) electrons. The summed E-state index contributed by atoms with van der Waals surface area (Å²) in [6.07, 6.45) is 6.07. The fourth-order valence-corrected chi connectivity index (χ4v) is 2.30. The standard InChI is InChI=1S/C16H26BrN3O/c1-4-8-18-15-14(10-13(17)11-20-15)16(21)19-9-6-5-7-12(2)3/h10-12H,4-9H2,1-3H3,(H,18,20)(H,19,21). The van der Waals surface area contributed by atoms with E-state index in [1.807, 2.05) is 6.07 Å². The minimum absolute atomic E-state index is 0.0630. The quantitative estimate of drug-likeness (QED) is 0.652. The third-order valence-corrected chi connectivity index (χ3v) is 3.57. The number of hydrogen-bond donors (Lipinski definition) is 2. The van der Waals surface area contributed by atoms with E-state index in [1.54, 1.807) is 6.20 Å². The Bertz CT molecular complexity index is 449. The maximum absolute atomic E-state index is 12.3. The maximum Gasteiger partial charge on any atom is 0.255 e. The SMILES string of the molecule is CCCNc1ncc(Br)cc1C(=O)NCCCCC(C)C. The highest BCUT2D eigenvalue weighted by molar-refractivity contribution is 9.10. The van der Waals surface area contributed by atoms with E-state index in [1.165, 1.54) is 6.42 Å². The molecule has 1 aromatic heterocycles. The first kappa shape index (κ1) is 18.0. The van der Waals surface area contributed by atoms with E-state index in [4.69, 9.17) is 0 Å². The topological polar surface area (TPSA) is 54.0 Å². The van der Waals surface area contributed by atoms with E-state index in [-0.39, 0.29) is 5.91 Å². The molecular formula is C16H26BrN3O. The molecule has 1 rings (SSSR count). The van der Waals surface area contributed by atoms with Crippen molar-refractivity contribution in [2.24, 2.45) is 5.92 Å². The Morgan fingerprint density at radius 2 is 2.10 bits per heavy atom. The van der Waals surface area contributed by atoms with E-state index in [9.17, 15) is 4.79 Å². The van der Waals surface area contributed by atoms with Crippen molar-refractivity contribution in [1.82, 2.24) is 10.3 Å². The number of rotatable bonds is 9. The van der Waals surface area contributed by atoms with Crippen LogP contribution in [0, 0.1) is 5.92 Å². The molecule has 0 saturated carbocycles. The van der Waals surface area contributed by atoms with Gasteiger partial charge in [-0.25, -0.2) is 4.98 Å². The number of hydrogen-bond acceptors (Lipinski definition) is 3. The molecule has 0 aliphatic rings. The summed E-state index contributed by atoms with van der Waals surface area (Å²) in [7, 11) is 0. The van der Waals surface area contributed by atoms with E-state index in [0.717, 1.165) is 36.2 Å². The van der Waals surface area contributed by atoms with Crippen molar-refractivity contribution in [1.29, 1.82) is 0 Å². The van der Waals surface area contributed by atoms with Crippen LogP contribution in [0.2, 0.25) is 0 Å². The molecule has 1 heterocycles. The summed E-state index contributed by atoms with van der Waals surface area (Å²) in [4.78, 5) is 16.6. The van der Waals surface area contributed by atoms with Crippen molar-refractivity contribution in [2.75, 3.05) is 18.4 Å². The Morgan fingerprint density at radius 1 is 1.33 bits per heavy atom. The Balaban J connectivity index is 2.53. The molecule has 1 amide bonds. The Hall–Kier alpha value is -1.10. The Labute approximate surface area is 136 Å². The number of nitrogens with zero attached hydrogens (tertiary/aromatic N) is 1. The van der Waals surface area contributed by atoms with Gasteiger partial charge in [-0.1, -0.05) is 33.6 Å². The number of unbranched alkanes of at least 4 members (excludes halogenated alkanes) is 1. The van der Waals surface area contributed by atoms with E-state index in [0.29, 0.717) is 17.9 Å². The first-order chi connectivity index (χ1) is 10.0. The van der Waals surface area contributed by atoms with Crippen LogP contribution in [0.3, 0.4) is 0 Å². The first-order valence-corrected chi connectivity index (χ1v) is 8.51. The molecule has 0 bridgehead atoms. The van der Waals surface area contributed by atoms with Crippen LogP contribution < -0.4 is 10.6 Å². The average molecular weight is 356 g/mol. The minimum Gasteiger partial charge on any atom is -0.369 e. The summed E-state index contributed by atoms with van der Waals surface area (Å²) in [6, 6.07) is 1.81. The second kappa shape index (κ2) is 9.77. The van der Waals surface area contributed by atoms with Crippen LogP contribution >= 0.6 is 15.9 Å². The summed E-state index contributed by atoms with van der Waals surface area (Å²) >= 11 is 3.37. The van der Waals surface area contributed by atoms with E-state index < -0.39 is 0 Å². The predicted molar refractivity (Wildman–Crippen MR) is 91.7 cm³/mol. The zero-order valence-corrected chi connectivity index (χ0v) is 14.8. The second-order valence-corrected chi connectivity index (χ2v) is 6.54. The number of nitrogens with one attached hydrogen (secondary N) is 2. The minimum atomic E-state index is -0.0630. The number of anilines is 1. The molecule has 2 N–H and O–H groups in total. The summed E-state index contributed by atoms with van der Waals surface area (Å²) in [5, 5.41) is 6.17. The first-order valence-electron chi connectivity index (χ1n) is 7.72. The van der Waals surface area contributed by atoms with Crippen LogP contribution in [0.25, 0.3) is 0 Å². The lowest BCUT2D eigenvalue weighted by Gasteiger charge is -2.11. The molecule has 0 atom stereocenters. The van der Waals surface area contributed by atoms with Gasteiger partial charge in [0, 0.05) is 23.8 Å². The van der Waals surface area contributed by atoms with Gasteiger partial charge in [0.2, 0.25) is 0 Å². The molecule has 0 unspecified atom stereocenters. The molecule has 0 aliphatic heterocycles. The molecule has 0 saturated heterocycles. The largest absolute Gasteiger partial charge is 0.369 e. The lowest BCUT2D eigenvalue weighted by molar-refractivity contribution is 0.0953. The molecule has 118 valence electrons. The lowest BCUT2D eigenvalue weighted by atomic mass is 10.1. The molecule has 0 aliphatic carbocycles. The van der Waals surface area contributed by atoms with E-state index in [2.05, 4.69) is 52.3 Å². The van der Waals surface area contributed by atoms with Gasteiger partial charge in [-0.2, -0.15) is 0 Å². The van der Waals surface area contributed by atoms with Crippen molar-refractivity contribution in [3.8, 4) is 0 Å². The highest BCUT2D eigenvalue weighted by Gasteiger charge is 2.12. The van der Waals surface area contributed by atoms with Gasteiger partial charge in [0.1, 0.15) is 5.82 Å². The molecule has 0 spiro atoms. The highest BCUT2D eigenvalue weighted by atomic mass is 79.9. The smallest absolute Gasteiger partial charge is 0.255 e. The van der Waals surface area contributed by atoms with Gasteiger partial charge in [0.15, 0.2) is 0 Å². The van der Waals surface area contributed by atoms with Crippen LogP contribution in [0.15, 0.2) is 16.7 Å². The molecular weight excluding hydrogens is 330 g/mol.